The fourth-order valence-electron chi connectivity index (χ4n) is 3.59. The van der Waals surface area contributed by atoms with E-state index in [0.717, 1.165) is 35.5 Å². The first-order chi connectivity index (χ1) is 15.2. The van der Waals surface area contributed by atoms with E-state index < -0.39 is 0 Å². The van der Waals surface area contributed by atoms with Gasteiger partial charge in [-0.1, -0.05) is 24.8 Å². The minimum atomic E-state index is -0.141. The van der Waals surface area contributed by atoms with E-state index in [2.05, 4.69) is 11.9 Å². The Morgan fingerprint density at radius 2 is 1.97 bits per heavy atom. The van der Waals surface area contributed by atoms with Crippen molar-refractivity contribution in [3.05, 3.63) is 66.3 Å². The van der Waals surface area contributed by atoms with Crippen molar-refractivity contribution < 1.29 is 23.7 Å². The molecule has 31 heavy (non-hydrogen) atoms. The molecule has 4 rings (SSSR count). The quantitative estimate of drug-likeness (QED) is 0.483. The number of fused-ring (bicyclic) bond motifs is 1. The van der Waals surface area contributed by atoms with E-state index in [1.807, 2.05) is 36.4 Å². The zero-order valence-electron chi connectivity index (χ0n) is 17.6. The maximum atomic E-state index is 12.7. The summed E-state index contributed by atoms with van der Waals surface area (Å²) in [6.07, 6.45) is 7.20. The van der Waals surface area contributed by atoms with Gasteiger partial charge >= 0.3 is 0 Å². The topological polar surface area (TPSA) is 66.0 Å². The molecular formula is C25H27NO5. The molecule has 2 aliphatic rings. The van der Waals surface area contributed by atoms with Crippen LogP contribution in [0.5, 0.6) is 23.0 Å². The highest BCUT2D eigenvalue weighted by atomic mass is 16.6. The molecule has 6 heteroatoms. The number of hydrogen-bond donors (Lipinski definition) is 1. The Hall–Kier alpha value is -3.41. The highest BCUT2D eigenvalue weighted by molar-refractivity contribution is 5.92. The van der Waals surface area contributed by atoms with Crippen molar-refractivity contribution in [2.75, 3.05) is 26.9 Å². The average molecular weight is 421 g/mol. The summed E-state index contributed by atoms with van der Waals surface area (Å²) >= 11 is 0. The number of methoxy groups -OCH3 is 1. The third-order valence-electron chi connectivity index (χ3n) is 5.29. The van der Waals surface area contributed by atoms with Crippen LogP contribution in [0.2, 0.25) is 0 Å². The van der Waals surface area contributed by atoms with E-state index in [1.165, 1.54) is 0 Å². The van der Waals surface area contributed by atoms with Crippen LogP contribution in [0.4, 0.5) is 0 Å². The second-order valence-electron chi connectivity index (χ2n) is 7.57. The molecule has 1 heterocycles. The van der Waals surface area contributed by atoms with Crippen LogP contribution < -0.4 is 24.3 Å². The Morgan fingerprint density at radius 1 is 1.16 bits per heavy atom. The van der Waals surface area contributed by atoms with E-state index >= 15 is 0 Å². The van der Waals surface area contributed by atoms with Crippen molar-refractivity contribution in [2.24, 2.45) is 5.92 Å². The van der Waals surface area contributed by atoms with Gasteiger partial charge in [-0.3, -0.25) is 4.79 Å². The van der Waals surface area contributed by atoms with E-state index in [4.69, 9.17) is 18.9 Å². The molecular weight excluding hydrogens is 394 g/mol. The van der Waals surface area contributed by atoms with E-state index in [0.29, 0.717) is 37.2 Å². The highest BCUT2D eigenvalue weighted by Crippen LogP contribution is 2.43. The Balaban J connectivity index is 1.44. The van der Waals surface area contributed by atoms with Gasteiger partial charge in [0.1, 0.15) is 19.8 Å². The lowest BCUT2D eigenvalue weighted by Gasteiger charge is -2.22. The van der Waals surface area contributed by atoms with Gasteiger partial charge < -0.3 is 24.3 Å². The summed E-state index contributed by atoms with van der Waals surface area (Å²) in [6, 6.07) is 11.4. The molecule has 0 saturated heterocycles. The number of carbonyl (C=O) groups is 1. The van der Waals surface area contributed by atoms with Gasteiger partial charge in [0.15, 0.2) is 23.0 Å². The molecule has 1 fully saturated rings. The summed E-state index contributed by atoms with van der Waals surface area (Å²) < 4.78 is 22.3. The molecule has 1 N–H and O–H groups in total. The molecule has 2 aromatic rings. The first-order valence-electron chi connectivity index (χ1n) is 10.5. The first-order valence-corrected chi connectivity index (χ1v) is 10.5. The van der Waals surface area contributed by atoms with Crippen molar-refractivity contribution in [3.8, 4) is 23.0 Å². The number of nitrogens with one attached hydrogen (secondary N) is 1. The van der Waals surface area contributed by atoms with Crippen LogP contribution in [0.25, 0.3) is 6.08 Å². The number of benzene rings is 2. The number of amides is 1. The second kappa shape index (κ2) is 9.60. The van der Waals surface area contributed by atoms with Crippen LogP contribution in [0.15, 0.2) is 55.1 Å². The number of rotatable bonds is 9. The van der Waals surface area contributed by atoms with E-state index in [9.17, 15) is 4.79 Å². The molecule has 1 unspecified atom stereocenters. The normalized spacial score (nSPS) is 15.9. The van der Waals surface area contributed by atoms with Crippen LogP contribution >= 0.6 is 0 Å². The maximum absolute atomic E-state index is 12.7. The Kier molecular flexibility index (Phi) is 6.46. The Bertz CT molecular complexity index is 980. The largest absolute Gasteiger partial charge is 0.493 e. The summed E-state index contributed by atoms with van der Waals surface area (Å²) in [5.41, 5.74) is 1.89. The maximum Gasteiger partial charge on any atom is 0.244 e. The third-order valence-corrected chi connectivity index (χ3v) is 5.29. The summed E-state index contributed by atoms with van der Waals surface area (Å²) in [6.45, 7) is 5.15. The third kappa shape index (κ3) is 5.20. The smallest absolute Gasteiger partial charge is 0.244 e. The zero-order chi connectivity index (χ0) is 21.6. The molecule has 0 bridgehead atoms. The van der Waals surface area contributed by atoms with Gasteiger partial charge in [0.05, 0.1) is 13.2 Å². The molecule has 0 aromatic heterocycles. The number of ether oxygens (including phenoxy) is 4. The number of hydrogen-bond acceptors (Lipinski definition) is 5. The summed E-state index contributed by atoms with van der Waals surface area (Å²) in [5.74, 6) is 3.04. The summed E-state index contributed by atoms with van der Waals surface area (Å²) in [7, 11) is 1.59. The molecule has 1 aliphatic carbocycles. The minimum Gasteiger partial charge on any atom is -0.493 e. The van der Waals surface area contributed by atoms with Crippen LogP contribution in [-0.2, 0) is 4.79 Å². The molecule has 1 atom stereocenters. The fourth-order valence-corrected chi connectivity index (χ4v) is 3.59. The molecule has 6 nitrogen and oxygen atoms in total. The van der Waals surface area contributed by atoms with Crippen LogP contribution in [0, 0.1) is 5.92 Å². The standard InChI is InChI=1S/C25H27NO5/c1-3-12-29-20-9-4-17(15-22(20)28-2)5-11-24(27)26-25(18-6-7-18)19-8-10-21-23(16-19)31-14-13-30-21/h3-5,8-11,15-16,18,25H,1,6-7,12-14H2,2H3,(H,26,27). The molecule has 162 valence electrons. The predicted molar refractivity (Wildman–Crippen MR) is 119 cm³/mol. The molecule has 0 radical (unpaired) electrons. The first kappa shape index (κ1) is 20.8. The summed E-state index contributed by atoms with van der Waals surface area (Å²) in [4.78, 5) is 12.7. The van der Waals surface area contributed by atoms with Crippen LogP contribution in [0.3, 0.4) is 0 Å². The fraction of sp³-hybridized carbons (Fsp3) is 0.320. The van der Waals surface area contributed by atoms with Gasteiger partial charge in [-0.25, -0.2) is 0 Å². The lowest BCUT2D eigenvalue weighted by molar-refractivity contribution is -0.117. The highest BCUT2D eigenvalue weighted by Gasteiger charge is 2.33. The SMILES string of the molecule is C=CCOc1ccc(C=CC(=O)NC(c2ccc3c(c2)OCCO3)C2CC2)cc1OC. The molecule has 1 saturated carbocycles. The van der Waals surface area contributed by atoms with Crippen molar-refractivity contribution in [2.45, 2.75) is 18.9 Å². The van der Waals surface area contributed by atoms with Crippen molar-refractivity contribution in [1.82, 2.24) is 5.32 Å². The van der Waals surface area contributed by atoms with Gasteiger partial charge in [0, 0.05) is 6.08 Å². The van der Waals surface area contributed by atoms with Crippen LogP contribution in [0.1, 0.15) is 30.0 Å². The predicted octanol–water partition coefficient (Wildman–Crippen LogP) is 4.31. The van der Waals surface area contributed by atoms with E-state index in [1.54, 1.807) is 25.3 Å². The molecule has 2 aromatic carbocycles. The molecule has 1 amide bonds. The zero-order valence-corrected chi connectivity index (χ0v) is 17.6. The monoisotopic (exact) mass is 421 g/mol. The van der Waals surface area contributed by atoms with Crippen molar-refractivity contribution in [3.63, 3.8) is 0 Å². The van der Waals surface area contributed by atoms with Gasteiger partial charge in [-0.15, -0.1) is 0 Å². The lowest BCUT2D eigenvalue weighted by atomic mass is 10.0. The number of carbonyl (C=O) groups excluding carboxylic acids is 1. The van der Waals surface area contributed by atoms with E-state index in [-0.39, 0.29) is 11.9 Å². The summed E-state index contributed by atoms with van der Waals surface area (Å²) in [5, 5.41) is 3.15. The Morgan fingerprint density at radius 3 is 2.71 bits per heavy atom. The molecule has 0 spiro atoms. The van der Waals surface area contributed by atoms with Gasteiger partial charge in [0.25, 0.3) is 0 Å². The minimum absolute atomic E-state index is 0.0443. The van der Waals surface area contributed by atoms with Crippen LogP contribution in [-0.4, -0.2) is 32.8 Å². The lowest BCUT2D eigenvalue weighted by Crippen LogP contribution is -2.28. The van der Waals surface area contributed by atoms with Gasteiger partial charge in [-0.05, 0) is 60.2 Å². The second-order valence-corrected chi connectivity index (χ2v) is 7.57. The average Bonchev–Trinajstić information content (AvgIpc) is 3.65. The molecule has 1 aliphatic heterocycles. The van der Waals surface area contributed by atoms with Crippen molar-refractivity contribution >= 4 is 12.0 Å². The Labute approximate surface area is 182 Å². The van der Waals surface area contributed by atoms with Gasteiger partial charge in [-0.2, -0.15) is 0 Å². The van der Waals surface area contributed by atoms with Gasteiger partial charge in [0.2, 0.25) is 5.91 Å². The van der Waals surface area contributed by atoms with Crippen molar-refractivity contribution in [1.29, 1.82) is 0 Å².